The van der Waals surface area contributed by atoms with Gasteiger partial charge in [-0.2, -0.15) is 18.2 Å². The molecule has 1 saturated heterocycles. The number of piperidine rings is 1. The van der Waals surface area contributed by atoms with Gasteiger partial charge in [-0.3, -0.25) is 4.90 Å². The smallest absolute Gasteiger partial charge is 0.390 e. The molecule has 1 aliphatic carbocycles. The molecule has 1 aliphatic heterocycles. The molecule has 1 saturated carbocycles. The highest BCUT2D eigenvalue weighted by Crippen LogP contribution is 2.45. The van der Waals surface area contributed by atoms with Crippen LogP contribution in [-0.2, 0) is 6.42 Å². The SMILES string of the molecule is O[C@@H]1[C@H](O)[C@@H](C2CCN(CC(F)(F)F)CC2)C[C@H]1n1cc(-c2nc(Cc3ccccc3)cs2)c2cnc(Cl)nc21. The zero-order valence-electron chi connectivity index (χ0n) is 21.5. The van der Waals surface area contributed by atoms with Crippen LogP contribution in [0.4, 0.5) is 13.2 Å². The van der Waals surface area contributed by atoms with E-state index in [0.29, 0.717) is 44.4 Å². The Hall–Kier alpha value is -2.57. The van der Waals surface area contributed by atoms with Crippen LogP contribution in [-0.4, -0.2) is 72.7 Å². The van der Waals surface area contributed by atoms with Gasteiger partial charge in [-0.05, 0) is 61.4 Å². The number of aliphatic hydroxyl groups excluding tert-OH is 2. The number of thiazole rings is 1. The zero-order chi connectivity index (χ0) is 28.0. The Morgan fingerprint density at radius 2 is 1.80 bits per heavy atom. The maximum Gasteiger partial charge on any atom is 0.401 e. The number of alkyl halides is 3. The molecule has 0 radical (unpaired) electrons. The Morgan fingerprint density at radius 3 is 2.52 bits per heavy atom. The largest absolute Gasteiger partial charge is 0.401 e. The van der Waals surface area contributed by atoms with Crippen molar-refractivity contribution in [3.05, 3.63) is 64.6 Å². The molecule has 2 aliphatic rings. The third-order valence-electron chi connectivity index (χ3n) is 8.25. The van der Waals surface area contributed by atoms with Gasteiger partial charge in [-0.15, -0.1) is 11.3 Å². The van der Waals surface area contributed by atoms with Gasteiger partial charge < -0.3 is 14.8 Å². The predicted octanol–water partition coefficient (Wildman–Crippen LogP) is 5.36. The number of nitrogens with zero attached hydrogens (tertiary/aromatic N) is 5. The zero-order valence-corrected chi connectivity index (χ0v) is 23.1. The highest BCUT2D eigenvalue weighted by atomic mass is 35.5. The lowest BCUT2D eigenvalue weighted by Crippen LogP contribution is -2.42. The number of fused-ring (bicyclic) bond motifs is 1. The summed E-state index contributed by atoms with van der Waals surface area (Å²) in [4.78, 5) is 14.9. The van der Waals surface area contributed by atoms with Gasteiger partial charge in [0.25, 0.3) is 0 Å². The average molecular weight is 592 g/mol. The van der Waals surface area contributed by atoms with E-state index in [2.05, 4.69) is 22.1 Å². The van der Waals surface area contributed by atoms with Crippen molar-refractivity contribution in [3.63, 3.8) is 0 Å². The van der Waals surface area contributed by atoms with Gasteiger partial charge in [0.1, 0.15) is 16.8 Å². The molecule has 0 spiro atoms. The maximum absolute atomic E-state index is 12.8. The van der Waals surface area contributed by atoms with Crippen LogP contribution < -0.4 is 0 Å². The van der Waals surface area contributed by atoms with Crippen LogP contribution in [0.2, 0.25) is 5.28 Å². The summed E-state index contributed by atoms with van der Waals surface area (Å²) in [6.45, 7) is -0.271. The molecule has 0 bridgehead atoms. The number of benzene rings is 1. The summed E-state index contributed by atoms with van der Waals surface area (Å²) in [5.41, 5.74) is 3.47. The standard InChI is InChI=1S/C28H29ClF3N5O2S/c29-27-33-12-20-21(26-34-18(14-40-26)10-16-4-2-1-3-5-16)13-37(25(20)35-27)22-11-19(23(38)24(22)39)17-6-8-36(9-7-17)15-28(30,31)32/h1-5,12-14,17,19,22-24,38-39H,6-11,15H2/t19-,22-,23-,24+/m1/s1. The minimum Gasteiger partial charge on any atom is -0.390 e. The number of rotatable bonds is 6. The number of aliphatic hydroxyl groups is 2. The molecule has 0 amide bonds. The maximum atomic E-state index is 12.8. The van der Waals surface area contributed by atoms with E-state index in [9.17, 15) is 23.4 Å². The number of hydrogen-bond donors (Lipinski definition) is 2. The van der Waals surface area contributed by atoms with Crippen LogP contribution in [0.25, 0.3) is 21.6 Å². The minimum atomic E-state index is -4.23. The van der Waals surface area contributed by atoms with Crippen molar-refractivity contribution < 1.29 is 23.4 Å². The highest BCUT2D eigenvalue weighted by molar-refractivity contribution is 7.13. The third-order valence-corrected chi connectivity index (χ3v) is 9.35. The van der Waals surface area contributed by atoms with Gasteiger partial charge in [0, 0.05) is 35.1 Å². The molecule has 212 valence electrons. The van der Waals surface area contributed by atoms with E-state index in [1.165, 1.54) is 16.2 Å². The molecular weight excluding hydrogens is 563 g/mol. The molecular formula is C28H29ClF3N5O2S. The Morgan fingerprint density at radius 1 is 1.05 bits per heavy atom. The fourth-order valence-corrected chi connectivity index (χ4v) is 7.30. The normalized spacial score (nSPS) is 24.8. The van der Waals surface area contributed by atoms with Gasteiger partial charge in [0.15, 0.2) is 0 Å². The van der Waals surface area contributed by atoms with Crippen LogP contribution in [0.15, 0.2) is 48.1 Å². The minimum absolute atomic E-state index is 0.0261. The Bertz CT molecular complexity index is 1470. The van der Waals surface area contributed by atoms with Crippen LogP contribution in [0.5, 0.6) is 0 Å². The van der Waals surface area contributed by atoms with Crippen LogP contribution in [0, 0.1) is 11.8 Å². The van der Waals surface area contributed by atoms with Gasteiger partial charge in [0.05, 0.1) is 24.4 Å². The molecule has 2 N–H and O–H groups in total. The van der Waals surface area contributed by atoms with Crippen molar-refractivity contribution >= 4 is 34.0 Å². The van der Waals surface area contributed by atoms with Crippen LogP contribution in [0.3, 0.4) is 0 Å². The molecule has 4 aromatic rings. The van der Waals surface area contributed by atoms with E-state index in [4.69, 9.17) is 16.6 Å². The summed E-state index contributed by atoms with van der Waals surface area (Å²) < 4.78 is 40.4. The fourth-order valence-electron chi connectivity index (χ4n) is 6.33. The Balaban J connectivity index is 1.25. The first kappa shape index (κ1) is 27.6. The van der Waals surface area contributed by atoms with Crippen molar-refractivity contribution in [1.29, 1.82) is 0 Å². The molecule has 2 fully saturated rings. The van der Waals surface area contributed by atoms with Crippen LogP contribution >= 0.6 is 22.9 Å². The van der Waals surface area contributed by atoms with Crippen molar-refractivity contribution in [2.75, 3.05) is 19.6 Å². The molecule has 4 heterocycles. The van der Waals surface area contributed by atoms with Gasteiger partial charge >= 0.3 is 6.18 Å². The molecule has 6 rings (SSSR count). The number of likely N-dealkylation sites (tertiary alicyclic amines) is 1. The summed E-state index contributed by atoms with van der Waals surface area (Å²) >= 11 is 7.69. The Kier molecular flexibility index (Phi) is 7.60. The molecule has 40 heavy (non-hydrogen) atoms. The topological polar surface area (TPSA) is 87.3 Å². The first-order chi connectivity index (χ1) is 19.2. The first-order valence-corrected chi connectivity index (χ1v) is 14.6. The van der Waals surface area contributed by atoms with E-state index in [1.807, 2.05) is 34.3 Å². The Labute approximate surface area is 238 Å². The van der Waals surface area contributed by atoms with E-state index in [1.54, 1.807) is 6.20 Å². The van der Waals surface area contributed by atoms with Crippen LogP contribution in [0.1, 0.15) is 36.6 Å². The second-order valence-electron chi connectivity index (χ2n) is 10.8. The molecule has 3 aromatic heterocycles. The second kappa shape index (κ2) is 11.0. The third kappa shape index (κ3) is 5.62. The summed E-state index contributed by atoms with van der Waals surface area (Å²) in [6.07, 6.45) is -0.435. The lowest BCUT2D eigenvalue weighted by Gasteiger charge is -2.36. The highest BCUT2D eigenvalue weighted by Gasteiger charge is 2.47. The number of halogens is 4. The summed E-state index contributed by atoms with van der Waals surface area (Å²) in [6, 6.07) is 9.62. The summed E-state index contributed by atoms with van der Waals surface area (Å²) in [5.74, 6) is -0.207. The molecule has 0 unspecified atom stereocenters. The number of hydrogen-bond acceptors (Lipinski definition) is 7. The number of aromatic nitrogens is 4. The van der Waals surface area contributed by atoms with Crippen molar-refractivity contribution in [2.24, 2.45) is 11.8 Å². The quantitative estimate of drug-likeness (QED) is 0.294. The van der Waals surface area contributed by atoms with E-state index in [-0.39, 0.29) is 17.1 Å². The van der Waals surface area contributed by atoms with E-state index < -0.39 is 31.0 Å². The van der Waals surface area contributed by atoms with Crippen molar-refractivity contribution in [2.45, 2.75) is 50.1 Å². The first-order valence-electron chi connectivity index (χ1n) is 13.3. The average Bonchev–Trinajstić information content (AvgIpc) is 3.60. The van der Waals surface area contributed by atoms with E-state index >= 15 is 0 Å². The lowest BCUT2D eigenvalue weighted by molar-refractivity contribution is -0.149. The predicted molar refractivity (Wildman–Crippen MR) is 147 cm³/mol. The molecule has 7 nitrogen and oxygen atoms in total. The van der Waals surface area contributed by atoms with Gasteiger partial charge in [-0.1, -0.05) is 30.3 Å². The summed E-state index contributed by atoms with van der Waals surface area (Å²) in [7, 11) is 0. The van der Waals surface area contributed by atoms with Gasteiger partial charge in [0.2, 0.25) is 5.28 Å². The second-order valence-corrected chi connectivity index (χ2v) is 12.0. The van der Waals surface area contributed by atoms with Crippen molar-refractivity contribution in [1.82, 2.24) is 24.4 Å². The monoisotopic (exact) mass is 591 g/mol. The lowest BCUT2D eigenvalue weighted by atomic mass is 9.82. The van der Waals surface area contributed by atoms with E-state index in [0.717, 1.165) is 27.2 Å². The van der Waals surface area contributed by atoms with Gasteiger partial charge in [-0.25, -0.2) is 9.97 Å². The molecule has 4 atom stereocenters. The summed E-state index contributed by atoms with van der Waals surface area (Å²) in [5, 5.41) is 25.9. The molecule has 12 heteroatoms. The fraction of sp³-hybridized carbons (Fsp3) is 0.464. The van der Waals surface area contributed by atoms with Crippen molar-refractivity contribution in [3.8, 4) is 10.6 Å². The molecule has 1 aromatic carbocycles.